The molecule has 1 aliphatic rings. The molecular weight excluding hydrogens is 226 g/mol. The van der Waals surface area contributed by atoms with Gasteiger partial charge in [0.2, 0.25) is 5.91 Å². The van der Waals surface area contributed by atoms with Crippen molar-refractivity contribution >= 4 is 5.91 Å². The highest BCUT2D eigenvalue weighted by molar-refractivity contribution is 5.93. The summed E-state index contributed by atoms with van der Waals surface area (Å²) in [6.07, 6.45) is 5.12. The van der Waals surface area contributed by atoms with Crippen LogP contribution < -0.4 is 5.73 Å². The highest BCUT2D eigenvalue weighted by Crippen LogP contribution is 2.20. The van der Waals surface area contributed by atoms with Gasteiger partial charge in [0.1, 0.15) is 0 Å². The van der Waals surface area contributed by atoms with Crippen molar-refractivity contribution in [3.8, 4) is 6.07 Å². The van der Waals surface area contributed by atoms with E-state index in [-0.39, 0.29) is 0 Å². The zero-order valence-electron chi connectivity index (χ0n) is 9.78. The van der Waals surface area contributed by atoms with Gasteiger partial charge >= 0.3 is 0 Å². The van der Waals surface area contributed by atoms with E-state index in [1.54, 1.807) is 18.5 Å². The van der Waals surface area contributed by atoms with E-state index in [0.29, 0.717) is 12.1 Å². The Morgan fingerprint density at radius 2 is 2.11 bits per heavy atom. The second-order valence-corrected chi connectivity index (χ2v) is 4.05. The van der Waals surface area contributed by atoms with Crippen LogP contribution in [0.15, 0.2) is 54.4 Å². The minimum absolute atomic E-state index is 0.330. The number of primary amides is 1. The quantitative estimate of drug-likeness (QED) is 0.869. The highest BCUT2D eigenvalue weighted by atomic mass is 16.1. The summed E-state index contributed by atoms with van der Waals surface area (Å²) in [5.41, 5.74) is 6.72. The first kappa shape index (κ1) is 11.9. The normalized spacial score (nSPS) is 18.1. The molecule has 0 bridgehead atoms. The molecule has 0 aliphatic carbocycles. The molecule has 0 saturated carbocycles. The van der Waals surface area contributed by atoms with Crippen LogP contribution in [0.2, 0.25) is 0 Å². The van der Waals surface area contributed by atoms with Gasteiger partial charge in [-0.1, -0.05) is 30.3 Å². The summed E-state index contributed by atoms with van der Waals surface area (Å²) in [5.74, 6) is -1.10. The van der Waals surface area contributed by atoms with Gasteiger partial charge in [-0.2, -0.15) is 5.26 Å². The minimum Gasteiger partial charge on any atom is -0.366 e. The van der Waals surface area contributed by atoms with Gasteiger partial charge in [-0.05, 0) is 11.6 Å². The lowest BCUT2D eigenvalue weighted by atomic mass is 9.98. The molecule has 0 saturated heterocycles. The van der Waals surface area contributed by atoms with Crippen molar-refractivity contribution < 1.29 is 4.79 Å². The van der Waals surface area contributed by atoms with Crippen LogP contribution in [0.4, 0.5) is 0 Å². The number of nitriles is 1. The first-order valence-electron chi connectivity index (χ1n) is 5.60. The van der Waals surface area contributed by atoms with Gasteiger partial charge in [0.25, 0.3) is 0 Å². The first-order chi connectivity index (χ1) is 8.70. The molecule has 0 fully saturated rings. The van der Waals surface area contributed by atoms with E-state index in [2.05, 4.69) is 0 Å². The average molecular weight is 239 g/mol. The van der Waals surface area contributed by atoms with E-state index in [1.165, 1.54) is 0 Å². The van der Waals surface area contributed by atoms with Crippen LogP contribution in [0, 0.1) is 17.2 Å². The van der Waals surface area contributed by atoms with Crippen LogP contribution in [0.1, 0.15) is 5.56 Å². The van der Waals surface area contributed by atoms with Crippen LogP contribution in [0.3, 0.4) is 0 Å². The molecule has 2 N–H and O–H groups in total. The van der Waals surface area contributed by atoms with E-state index in [9.17, 15) is 4.79 Å². The second-order valence-electron chi connectivity index (χ2n) is 4.05. The van der Waals surface area contributed by atoms with Crippen LogP contribution in [-0.4, -0.2) is 10.8 Å². The summed E-state index contributed by atoms with van der Waals surface area (Å²) in [5, 5.41) is 8.92. The number of carbonyl (C=O) groups is 1. The number of allylic oxidation sites excluding steroid dienone is 1. The van der Waals surface area contributed by atoms with Crippen molar-refractivity contribution in [1.82, 2.24) is 4.90 Å². The van der Waals surface area contributed by atoms with Gasteiger partial charge in [0.05, 0.1) is 17.6 Å². The smallest absolute Gasteiger partial charge is 0.247 e. The summed E-state index contributed by atoms with van der Waals surface area (Å²) in [4.78, 5) is 13.1. The molecule has 1 atom stereocenters. The first-order valence-corrected chi connectivity index (χ1v) is 5.60. The lowest BCUT2D eigenvalue weighted by Crippen LogP contribution is -2.25. The monoisotopic (exact) mass is 239 g/mol. The molecule has 1 amide bonds. The zero-order valence-corrected chi connectivity index (χ0v) is 9.78. The Morgan fingerprint density at radius 3 is 2.72 bits per heavy atom. The zero-order chi connectivity index (χ0) is 13.0. The van der Waals surface area contributed by atoms with Crippen molar-refractivity contribution in [2.75, 3.05) is 0 Å². The van der Waals surface area contributed by atoms with Gasteiger partial charge in [-0.25, -0.2) is 0 Å². The van der Waals surface area contributed by atoms with Crippen molar-refractivity contribution in [3.05, 3.63) is 59.9 Å². The number of hydrogen-bond acceptors (Lipinski definition) is 3. The standard InChI is InChI=1S/C14H13N3O/c15-8-12-6-7-17(10-13(12)14(16)18)9-11-4-2-1-3-5-11/h1-7,10,12H,9H2,(H2,16,18). The highest BCUT2D eigenvalue weighted by Gasteiger charge is 2.20. The number of rotatable bonds is 3. The lowest BCUT2D eigenvalue weighted by molar-refractivity contribution is -0.114. The molecule has 18 heavy (non-hydrogen) atoms. The third-order valence-corrected chi connectivity index (χ3v) is 2.74. The summed E-state index contributed by atoms with van der Waals surface area (Å²) < 4.78 is 0. The van der Waals surface area contributed by atoms with Crippen LogP contribution >= 0.6 is 0 Å². The molecule has 1 heterocycles. The van der Waals surface area contributed by atoms with Gasteiger partial charge in [-0.15, -0.1) is 0 Å². The number of amides is 1. The molecule has 1 unspecified atom stereocenters. The van der Waals surface area contributed by atoms with Crippen molar-refractivity contribution in [1.29, 1.82) is 5.26 Å². The molecular formula is C14H13N3O. The number of hydrogen-bond donors (Lipinski definition) is 1. The number of carbonyl (C=O) groups excluding carboxylic acids is 1. The Labute approximate surface area is 106 Å². The molecule has 4 heteroatoms. The largest absolute Gasteiger partial charge is 0.366 e. The van der Waals surface area contributed by atoms with Gasteiger partial charge in [0, 0.05) is 18.9 Å². The van der Waals surface area contributed by atoms with Gasteiger partial charge in [0.15, 0.2) is 0 Å². The van der Waals surface area contributed by atoms with Crippen LogP contribution in [0.5, 0.6) is 0 Å². The minimum atomic E-state index is -0.552. The molecule has 0 radical (unpaired) electrons. The molecule has 1 aromatic rings. The van der Waals surface area contributed by atoms with Crippen molar-refractivity contribution in [3.63, 3.8) is 0 Å². The number of nitrogens with two attached hydrogens (primary N) is 1. The Kier molecular flexibility index (Phi) is 3.44. The van der Waals surface area contributed by atoms with Gasteiger partial charge in [-0.3, -0.25) is 4.79 Å². The van der Waals surface area contributed by atoms with Crippen LogP contribution in [-0.2, 0) is 11.3 Å². The fourth-order valence-electron chi connectivity index (χ4n) is 1.82. The number of benzene rings is 1. The lowest BCUT2D eigenvalue weighted by Gasteiger charge is -2.22. The van der Waals surface area contributed by atoms with E-state index < -0.39 is 11.8 Å². The maximum Gasteiger partial charge on any atom is 0.247 e. The third-order valence-electron chi connectivity index (χ3n) is 2.74. The third kappa shape index (κ3) is 2.58. The van der Waals surface area contributed by atoms with Crippen LogP contribution in [0.25, 0.3) is 0 Å². The number of nitrogens with zero attached hydrogens (tertiary/aromatic N) is 2. The molecule has 0 aromatic heterocycles. The summed E-state index contributed by atoms with van der Waals surface area (Å²) in [6, 6.07) is 11.9. The second kappa shape index (κ2) is 5.19. The molecule has 90 valence electrons. The SMILES string of the molecule is N#CC1C=CN(Cc2ccccc2)C=C1C(N)=O. The van der Waals surface area contributed by atoms with Crippen molar-refractivity contribution in [2.24, 2.45) is 11.7 Å². The fraction of sp³-hybridized carbons (Fsp3) is 0.143. The Balaban J connectivity index is 2.17. The van der Waals surface area contributed by atoms with E-state index in [4.69, 9.17) is 11.0 Å². The predicted octanol–water partition coefficient (Wildman–Crippen LogP) is 1.52. The average Bonchev–Trinajstić information content (AvgIpc) is 2.40. The topological polar surface area (TPSA) is 70.1 Å². The van der Waals surface area contributed by atoms with Crippen molar-refractivity contribution in [2.45, 2.75) is 6.54 Å². The fourth-order valence-corrected chi connectivity index (χ4v) is 1.82. The molecule has 1 aromatic carbocycles. The molecule has 4 nitrogen and oxygen atoms in total. The predicted molar refractivity (Wildman–Crippen MR) is 67.5 cm³/mol. The maximum absolute atomic E-state index is 11.3. The Bertz CT molecular complexity index is 540. The molecule has 2 rings (SSSR count). The summed E-state index contributed by atoms with van der Waals surface area (Å²) >= 11 is 0. The van der Waals surface area contributed by atoms with E-state index >= 15 is 0 Å². The van der Waals surface area contributed by atoms with Gasteiger partial charge < -0.3 is 10.6 Å². The molecule has 0 spiro atoms. The van der Waals surface area contributed by atoms with E-state index in [0.717, 1.165) is 5.56 Å². The van der Waals surface area contributed by atoms with E-state index in [1.807, 2.05) is 41.3 Å². The summed E-state index contributed by atoms with van der Waals surface area (Å²) in [6.45, 7) is 0.645. The maximum atomic E-state index is 11.3. The Morgan fingerprint density at radius 1 is 1.39 bits per heavy atom. The Hall–Kier alpha value is -2.54. The summed E-state index contributed by atoms with van der Waals surface area (Å²) in [7, 11) is 0. The molecule has 1 aliphatic heterocycles.